The van der Waals surface area contributed by atoms with Gasteiger partial charge in [-0.05, 0) is 36.4 Å². The zero-order chi connectivity index (χ0) is 17.4. The number of phenolic OH excluding ortho intramolecular Hbond substituents is 2. The molecule has 124 valence electrons. The number of nitrogen functional groups attached to an aromatic ring is 1. The maximum atomic E-state index is 9.51. The number of aromatic nitrogens is 4. The summed E-state index contributed by atoms with van der Waals surface area (Å²) in [5.41, 5.74) is 8.00. The summed E-state index contributed by atoms with van der Waals surface area (Å²) in [6.07, 6.45) is 1.37. The molecule has 0 bridgehead atoms. The van der Waals surface area contributed by atoms with Crippen molar-refractivity contribution in [3.8, 4) is 34.3 Å². The first kappa shape index (κ1) is 14.8. The lowest BCUT2D eigenvalue weighted by atomic mass is 10.1. The van der Waals surface area contributed by atoms with Crippen LogP contribution in [0.3, 0.4) is 0 Å². The molecule has 0 aliphatic carbocycles. The van der Waals surface area contributed by atoms with Gasteiger partial charge in [0, 0.05) is 11.6 Å². The molecule has 0 radical (unpaired) electrons. The Morgan fingerprint density at radius 2 is 1.68 bits per heavy atom. The number of nitrogens with zero attached hydrogens (tertiary/aromatic N) is 3. The number of benzene rings is 2. The van der Waals surface area contributed by atoms with Crippen LogP contribution in [0.5, 0.6) is 23.0 Å². The Morgan fingerprint density at radius 3 is 2.44 bits per heavy atom. The van der Waals surface area contributed by atoms with E-state index in [0.29, 0.717) is 28.4 Å². The van der Waals surface area contributed by atoms with Gasteiger partial charge in [-0.15, -0.1) is 0 Å². The molecular weight excluding hydrogens is 322 g/mol. The first-order chi connectivity index (χ1) is 12.1. The van der Waals surface area contributed by atoms with Gasteiger partial charge < -0.3 is 20.7 Å². The molecule has 2 aromatic carbocycles. The Balaban J connectivity index is 1.64. The summed E-state index contributed by atoms with van der Waals surface area (Å²) < 4.78 is 5.65. The van der Waals surface area contributed by atoms with Crippen LogP contribution in [0.25, 0.3) is 22.3 Å². The fourth-order valence-corrected chi connectivity index (χ4v) is 2.48. The molecule has 0 unspecified atom stereocenters. The van der Waals surface area contributed by atoms with Gasteiger partial charge in [0.25, 0.3) is 0 Å². The molecule has 4 aromatic rings. The summed E-state index contributed by atoms with van der Waals surface area (Å²) in [4.78, 5) is 8.07. The Kier molecular flexibility index (Phi) is 3.35. The predicted octanol–water partition coefficient (Wildman–Crippen LogP) is 2.81. The molecule has 0 fully saturated rings. The van der Waals surface area contributed by atoms with Crippen LogP contribution in [0.4, 0.5) is 5.82 Å². The normalized spacial score (nSPS) is 10.9. The van der Waals surface area contributed by atoms with E-state index in [2.05, 4.69) is 20.2 Å². The first-order valence-corrected chi connectivity index (χ1v) is 7.36. The molecule has 0 amide bonds. The molecular formula is C17H13N5O3. The summed E-state index contributed by atoms with van der Waals surface area (Å²) in [5.74, 6) is 0.894. The summed E-state index contributed by atoms with van der Waals surface area (Å²) >= 11 is 0. The van der Waals surface area contributed by atoms with E-state index in [4.69, 9.17) is 10.5 Å². The third-order valence-electron chi connectivity index (χ3n) is 3.71. The van der Waals surface area contributed by atoms with E-state index >= 15 is 0 Å². The Labute approximate surface area is 141 Å². The Bertz CT molecular complexity index is 1060. The van der Waals surface area contributed by atoms with Crippen molar-refractivity contribution < 1.29 is 14.9 Å². The number of fused-ring (bicyclic) bond motifs is 1. The van der Waals surface area contributed by atoms with Crippen LogP contribution in [0.2, 0.25) is 0 Å². The van der Waals surface area contributed by atoms with Crippen LogP contribution in [0, 0.1) is 0 Å². The van der Waals surface area contributed by atoms with E-state index in [1.54, 1.807) is 18.2 Å². The third kappa shape index (κ3) is 2.65. The van der Waals surface area contributed by atoms with E-state index in [0.717, 1.165) is 11.3 Å². The number of hydrogen-bond donors (Lipinski definition) is 4. The van der Waals surface area contributed by atoms with Crippen molar-refractivity contribution in [1.82, 2.24) is 20.2 Å². The summed E-state index contributed by atoms with van der Waals surface area (Å²) in [7, 11) is 0. The van der Waals surface area contributed by atoms with E-state index in [9.17, 15) is 10.2 Å². The zero-order valence-electron chi connectivity index (χ0n) is 12.8. The maximum Gasteiger partial charge on any atom is 0.186 e. The molecule has 2 aromatic heterocycles. The molecule has 5 N–H and O–H groups in total. The molecule has 0 atom stereocenters. The van der Waals surface area contributed by atoms with Crippen LogP contribution in [0.1, 0.15) is 0 Å². The molecule has 25 heavy (non-hydrogen) atoms. The highest BCUT2D eigenvalue weighted by Gasteiger charge is 2.12. The van der Waals surface area contributed by atoms with Crippen molar-refractivity contribution in [2.75, 3.05) is 5.73 Å². The molecule has 0 spiro atoms. The van der Waals surface area contributed by atoms with Crippen molar-refractivity contribution in [1.29, 1.82) is 0 Å². The number of aromatic hydroxyl groups is 2. The summed E-state index contributed by atoms with van der Waals surface area (Å²) in [6, 6.07) is 11.5. The fourth-order valence-electron chi connectivity index (χ4n) is 2.48. The third-order valence-corrected chi connectivity index (χ3v) is 3.71. The number of rotatable bonds is 3. The quantitative estimate of drug-likeness (QED) is 0.423. The number of phenols is 2. The number of nitrogens with one attached hydrogen (secondary N) is 1. The standard InChI is InChI=1S/C17H13N5O3/c18-16-14-15(21-22-17(14)20-8-19-16)9-1-3-10(4-2-9)25-11-5-6-12(23)13(24)7-11/h1-8,23-24H,(H3,18,19,20,21,22). The monoisotopic (exact) mass is 335 g/mol. The first-order valence-electron chi connectivity index (χ1n) is 7.36. The highest BCUT2D eigenvalue weighted by molar-refractivity contribution is 5.97. The summed E-state index contributed by atoms with van der Waals surface area (Å²) in [6.45, 7) is 0. The lowest BCUT2D eigenvalue weighted by Gasteiger charge is -2.07. The van der Waals surface area contributed by atoms with Crippen LogP contribution >= 0.6 is 0 Å². The second-order valence-corrected chi connectivity index (χ2v) is 5.33. The number of hydrogen-bond acceptors (Lipinski definition) is 7. The predicted molar refractivity (Wildman–Crippen MR) is 91.4 cm³/mol. The zero-order valence-corrected chi connectivity index (χ0v) is 12.8. The van der Waals surface area contributed by atoms with Gasteiger partial charge in [0.15, 0.2) is 17.1 Å². The van der Waals surface area contributed by atoms with Crippen LogP contribution < -0.4 is 10.5 Å². The number of nitrogens with two attached hydrogens (primary N) is 1. The Hall–Kier alpha value is -3.81. The van der Waals surface area contributed by atoms with Crippen molar-refractivity contribution in [2.24, 2.45) is 0 Å². The molecule has 0 aliphatic heterocycles. The number of ether oxygens (including phenoxy) is 1. The Morgan fingerprint density at radius 1 is 0.920 bits per heavy atom. The number of H-pyrrole nitrogens is 1. The molecule has 0 saturated carbocycles. The number of aromatic amines is 1. The van der Waals surface area contributed by atoms with Gasteiger partial charge in [-0.1, -0.05) is 0 Å². The second kappa shape index (κ2) is 5.68. The smallest absolute Gasteiger partial charge is 0.186 e. The van der Waals surface area contributed by atoms with Gasteiger partial charge >= 0.3 is 0 Å². The SMILES string of the molecule is Nc1ncnc2n[nH]c(-c3ccc(Oc4ccc(O)c(O)c4)cc3)c12. The van der Waals surface area contributed by atoms with E-state index in [1.807, 2.05) is 12.1 Å². The van der Waals surface area contributed by atoms with E-state index in [1.165, 1.54) is 18.5 Å². The lowest BCUT2D eigenvalue weighted by Crippen LogP contribution is -1.92. The van der Waals surface area contributed by atoms with Gasteiger partial charge in [0.2, 0.25) is 0 Å². The molecule has 2 heterocycles. The molecule has 4 rings (SSSR count). The number of anilines is 1. The minimum absolute atomic E-state index is 0.200. The van der Waals surface area contributed by atoms with Gasteiger partial charge in [0.1, 0.15) is 23.6 Å². The molecule has 8 nitrogen and oxygen atoms in total. The van der Waals surface area contributed by atoms with Crippen LogP contribution in [-0.2, 0) is 0 Å². The van der Waals surface area contributed by atoms with Crippen LogP contribution in [0.15, 0.2) is 48.8 Å². The van der Waals surface area contributed by atoms with E-state index < -0.39 is 0 Å². The average Bonchev–Trinajstić information content (AvgIpc) is 3.04. The lowest BCUT2D eigenvalue weighted by molar-refractivity contribution is 0.398. The van der Waals surface area contributed by atoms with Crippen LogP contribution in [-0.4, -0.2) is 30.4 Å². The van der Waals surface area contributed by atoms with Crippen molar-refractivity contribution in [3.05, 3.63) is 48.8 Å². The maximum absolute atomic E-state index is 9.51. The van der Waals surface area contributed by atoms with Gasteiger partial charge in [-0.25, -0.2) is 9.97 Å². The molecule has 8 heteroatoms. The van der Waals surface area contributed by atoms with Crippen molar-refractivity contribution in [2.45, 2.75) is 0 Å². The largest absolute Gasteiger partial charge is 0.504 e. The fraction of sp³-hybridized carbons (Fsp3) is 0. The van der Waals surface area contributed by atoms with Crippen molar-refractivity contribution in [3.63, 3.8) is 0 Å². The minimum Gasteiger partial charge on any atom is -0.504 e. The van der Waals surface area contributed by atoms with Crippen molar-refractivity contribution >= 4 is 16.9 Å². The highest BCUT2D eigenvalue weighted by atomic mass is 16.5. The second-order valence-electron chi connectivity index (χ2n) is 5.33. The minimum atomic E-state index is -0.242. The molecule has 0 aliphatic rings. The van der Waals surface area contributed by atoms with E-state index in [-0.39, 0.29) is 11.5 Å². The van der Waals surface area contributed by atoms with Gasteiger partial charge in [-0.2, -0.15) is 5.10 Å². The van der Waals surface area contributed by atoms with Gasteiger partial charge in [-0.3, -0.25) is 5.10 Å². The molecule has 0 saturated heterocycles. The highest BCUT2D eigenvalue weighted by Crippen LogP contribution is 2.33. The summed E-state index contributed by atoms with van der Waals surface area (Å²) in [5, 5.41) is 26.5. The van der Waals surface area contributed by atoms with Gasteiger partial charge in [0.05, 0.1) is 11.1 Å². The topological polar surface area (TPSA) is 130 Å². The average molecular weight is 335 g/mol.